The molecule has 0 aliphatic rings. The summed E-state index contributed by atoms with van der Waals surface area (Å²) < 4.78 is 44.6. The highest BCUT2D eigenvalue weighted by Crippen LogP contribution is 2.26. The van der Waals surface area contributed by atoms with E-state index in [0.717, 1.165) is 0 Å². The predicted molar refractivity (Wildman–Crippen MR) is 24.7 cm³/mol. The van der Waals surface area contributed by atoms with Gasteiger partial charge in [0.1, 0.15) is 11.5 Å². The molecule has 0 aliphatic carbocycles. The van der Waals surface area contributed by atoms with Gasteiger partial charge in [0.05, 0.1) is 0 Å². The minimum absolute atomic E-state index is 1.41. The van der Waals surface area contributed by atoms with E-state index in [9.17, 15) is 17.6 Å². The Labute approximate surface area is 52.0 Å². The van der Waals surface area contributed by atoms with Gasteiger partial charge >= 0.3 is 6.18 Å². The van der Waals surface area contributed by atoms with Crippen LogP contribution in [0.1, 0.15) is 0 Å². The molecule has 0 saturated heterocycles. The first-order valence-corrected chi connectivity index (χ1v) is 2.67. The molecule has 0 N–H and O–H groups in total. The van der Waals surface area contributed by atoms with Crippen LogP contribution in [0, 0.1) is 0 Å². The van der Waals surface area contributed by atoms with Crippen molar-refractivity contribution in [1.82, 2.24) is 0 Å². The van der Waals surface area contributed by atoms with Gasteiger partial charge in [0, 0.05) is 0 Å². The minimum atomic E-state index is -4.45. The fourth-order valence-electron chi connectivity index (χ4n) is 0.0875. The van der Waals surface area contributed by atoms with Crippen LogP contribution in [0.2, 0.25) is 0 Å². The molecule has 0 bridgehead atoms. The van der Waals surface area contributed by atoms with Crippen LogP contribution in [-0.4, -0.2) is 17.7 Å². The summed E-state index contributed by atoms with van der Waals surface area (Å²) in [4.78, 5) is -2.00. The highest BCUT2D eigenvalue weighted by molar-refractivity contribution is 9.09. The van der Waals surface area contributed by atoms with Crippen LogP contribution in [0.25, 0.3) is 0 Å². The molecule has 8 heavy (non-hydrogen) atoms. The second-order valence-electron chi connectivity index (χ2n) is 1.16. The Bertz CT molecular complexity index is 68.2. The Morgan fingerprint density at radius 2 is 1.75 bits per heavy atom. The van der Waals surface area contributed by atoms with E-state index in [1.54, 1.807) is 0 Å². The molecule has 0 aromatic carbocycles. The van der Waals surface area contributed by atoms with Crippen molar-refractivity contribution in [3.63, 3.8) is 0 Å². The first-order valence-electron chi connectivity index (χ1n) is 1.75. The summed E-state index contributed by atoms with van der Waals surface area (Å²) in [6.07, 6.45) is -4.45. The maximum absolute atomic E-state index is 11.2. The van der Waals surface area contributed by atoms with Crippen molar-refractivity contribution in [2.45, 2.75) is 11.0 Å². The van der Waals surface area contributed by atoms with E-state index >= 15 is 0 Å². The van der Waals surface area contributed by atoms with Crippen molar-refractivity contribution in [2.24, 2.45) is 0 Å². The first-order chi connectivity index (χ1) is 3.48. The smallest absolute Gasteiger partial charge is 0.250 e. The fraction of sp³-hybridized carbons (Fsp3) is 1.00. The lowest BCUT2D eigenvalue weighted by Gasteiger charge is -2.07. The molecule has 0 amide bonds. The molecule has 0 fully saturated rings. The third-order valence-electron chi connectivity index (χ3n) is 0.491. The average molecular weight is 195 g/mol. The van der Waals surface area contributed by atoms with E-state index < -0.39 is 17.7 Å². The second-order valence-corrected chi connectivity index (χ2v) is 2.27. The second kappa shape index (κ2) is 2.66. The zero-order valence-electron chi connectivity index (χ0n) is 3.67. The Balaban J connectivity index is 3.62. The molecule has 0 nitrogen and oxygen atoms in total. The molecule has 0 rings (SSSR count). The molecule has 0 heterocycles. The van der Waals surface area contributed by atoms with Crippen LogP contribution in [0.4, 0.5) is 17.6 Å². The van der Waals surface area contributed by atoms with Gasteiger partial charge in [-0.2, -0.15) is 13.2 Å². The van der Waals surface area contributed by atoms with Crippen LogP contribution in [0.3, 0.4) is 0 Å². The lowest BCUT2D eigenvalue weighted by molar-refractivity contribution is -0.129. The quantitative estimate of drug-likeness (QED) is 0.444. The van der Waals surface area contributed by atoms with Gasteiger partial charge in [-0.05, 0) is 0 Å². The van der Waals surface area contributed by atoms with Crippen molar-refractivity contribution in [2.75, 3.05) is 6.67 Å². The summed E-state index contributed by atoms with van der Waals surface area (Å²) in [5.41, 5.74) is 0. The van der Waals surface area contributed by atoms with Gasteiger partial charge < -0.3 is 0 Å². The molecule has 1 atom stereocenters. The van der Waals surface area contributed by atoms with Gasteiger partial charge in [0.25, 0.3) is 0 Å². The lowest BCUT2D eigenvalue weighted by atomic mass is 10.5. The molecule has 0 aromatic rings. The van der Waals surface area contributed by atoms with E-state index in [-0.39, 0.29) is 0 Å². The Hall–Kier alpha value is 0.200. The molecule has 0 spiro atoms. The summed E-state index contributed by atoms with van der Waals surface area (Å²) in [7, 11) is 0. The number of alkyl halides is 5. The number of halogens is 5. The van der Waals surface area contributed by atoms with Gasteiger partial charge in [-0.25, -0.2) is 4.39 Å². The number of hydrogen-bond donors (Lipinski definition) is 0. The number of hydrogen-bond acceptors (Lipinski definition) is 0. The van der Waals surface area contributed by atoms with E-state index in [1.807, 2.05) is 0 Å². The monoisotopic (exact) mass is 194 g/mol. The van der Waals surface area contributed by atoms with Gasteiger partial charge in [-0.1, -0.05) is 15.9 Å². The molecule has 50 valence electrons. The summed E-state index contributed by atoms with van der Waals surface area (Å²) in [5, 5.41) is 0. The molecule has 1 unspecified atom stereocenters. The topological polar surface area (TPSA) is 0 Å². The minimum Gasteiger partial charge on any atom is -0.250 e. The average Bonchev–Trinajstić information content (AvgIpc) is 1.62. The third kappa shape index (κ3) is 2.49. The Morgan fingerprint density at radius 3 is 1.75 bits per heavy atom. The van der Waals surface area contributed by atoms with Crippen LogP contribution in [-0.2, 0) is 0 Å². The van der Waals surface area contributed by atoms with E-state index in [2.05, 4.69) is 15.9 Å². The van der Waals surface area contributed by atoms with Gasteiger partial charge in [0.15, 0.2) is 0 Å². The van der Waals surface area contributed by atoms with Crippen molar-refractivity contribution in [3.8, 4) is 0 Å². The summed E-state index contributed by atoms with van der Waals surface area (Å²) in [6.45, 7) is -1.41. The summed E-state index contributed by atoms with van der Waals surface area (Å²) in [5.74, 6) is 0. The van der Waals surface area contributed by atoms with E-state index in [0.29, 0.717) is 0 Å². The molecule has 0 radical (unpaired) electrons. The van der Waals surface area contributed by atoms with E-state index in [4.69, 9.17) is 0 Å². The summed E-state index contributed by atoms with van der Waals surface area (Å²) in [6, 6.07) is 0. The maximum atomic E-state index is 11.2. The zero-order chi connectivity index (χ0) is 6.78. The SMILES string of the molecule is FCC(Br)C(F)(F)F. The highest BCUT2D eigenvalue weighted by Gasteiger charge is 2.37. The molecule has 0 aromatic heterocycles. The lowest BCUT2D eigenvalue weighted by Crippen LogP contribution is -2.24. The Kier molecular flexibility index (Phi) is 2.73. The summed E-state index contributed by atoms with van der Waals surface area (Å²) >= 11 is 2.10. The first kappa shape index (κ1) is 8.20. The zero-order valence-corrected chi connectivity index (χ0v) is 5.26. The van der Waals surface area contributed by atoms with Gasteiger partial charge in [-0.3, -0.25) is 0 Å². The molecule has 0 aliphatic heterocycles. The third-order valence-corrected chi connectivity index (χ3v) is 1.25. The van der Waals surface area contributed by atoms with Crippen LogP contribution < -0.4 is 0 Å². The Morgan fingerprint density at radius 1 is 1.38 bits per heavy atom. The molecule has 5 heteroatoms. The van der Waals surface area contributed by atoms with Crippen molar-refractivity contribution < 1.29 is 17.6 Å². The van der Waals surface area contributed by atoms with Crippen LogP contribution >= 0.6 is 15.9 Å². The van der Waals surface area contributed by atoms with Gasteiger partial charge in [-0.15, -0.1) is 0 Å². The maximum Gasteiger partial charge on any atom is 0.403 e. The predicted octanol–water partition coefficient (Wildman–Crippen LogP) is 2.28. The van der Waals surface area contributed by atoms with Crippen molar-refractivity contribution in [3.05, 3.63) is 0 Å². The van der Waals surface area contributed by atoms with Crippen molar-refractivity contribution in [1.29, 1.82) is 0 Å². The molecule has 0 saturated carbocycles. The van der Waals surface area contributed by atoms with Gasteiger partial charge in [0.2, 0.25) is 0 Å². The number of rotatable bonds is 1. The highest BCUT2D eigenvalue weighted by atomic mass is 79.9. The fourth-order valence-corrected chi connectivity index (χ4v) is 0.0875. The standard InChI is InChI=1S/C3H3BrF4/c4-2(1-5)3(6,7)8/h2H,1H2. The molecular weight excluding hydrogens is 192 g/mol. The normalized spacial score (nSPS) is 16.1. The largest absolute Gasteiger partial charge is 0.403 e. The molecular formula is C3H3BrF4. The van der Waals surface area contributed by atoms with Crippen molar-refractivity contribution >= 4 is 15.9 Å². The van der Waals surface area contributed by atoms with Crippen LogP contribution in [0.15, 0.2) is 0 Å². The van der Waals surface area contributed by atoms with Crippen LogP contribution in [0.5, 0.6) is 0 Å². The van der Waals surface area contributed by atoms with E-state index in [1.165, 1.54) is 0 Å².